The molecule has 1 heterocycles. The molecule has 14 nitrogen and oxygen atoms in total. The monoisotopic (exact) mass is 705 g/mol. The third-order valence-electron chi connectivity index (χ3n) is 5.25. The lowest BCUT2D eigenvalue weighted by molar-refractivity contribution is -0.156. The van der Waals surface area contributed by atoms with Gasteiger partial charge in [0.1, 0.15) is 29.4 Å². The minimum atomic E-state index is -4.11. The van der Waals surface area contributed by atoms with Gasteiger partial charge in [-0.05, 0) is 86.6 Å². The first-order valence-electron chi connectivity index (χ1n) is 14.7. The Morgan fingerprint density at radius 1 is 0.875 bits per heavy atom. The maximum Gasteiger partial charge on any atom is 0.427 e. The Labute approximate surface area is 285 Å². The molecule has 1 aromatic carbocycles. The number of guanidine groups is 1. The second-order valence-corrected chi connectivity index (χ2v) is 16.0. The summed E-state index contributed by atoms with van der Waals surface area (Å²) in [6, 6.07) is 9.15. The summed E-state index contributed by atoms with van der Waals surface area (Å²) in [4.78, 5) is 56.3. The average molecular weight is 706 g/mol. The van der Waals surface area contributed by atoms with Crippen LogP contribution in [0, 0.1) is 11.8 Å². The number of imide groups is 1. The number of hydrogen-bond donors (Lipinski definition) is 3. The quantitative estimate of drug-likeness (QED) is 0.119. The number of ether oxygens (including phenoxy) is 3. The number of carbonyl (C=O) groups is 4. The molecule has 0 saturated heterocycles. The number of aliphatic imine (C=N–C) groups is 1. The molecule has 1 aromatic heterocycles. The fourth-order valence-electron chi connectivity index (χ4n) is 3.40. The molecular formula is C32H43N5O9S2. The van der Waals surface area contributed by atoms with Crippen molar-refractivity contribution in [2.45, 2.75) is 90.1 Å². The van der Waals surface area contributed by atoms with Gasteiger partial charge in [-0.15, -0.1) is 16.2 Å². The number of nitrogens with two attached hydrogens (primary N) is 1. The Kier molecular flexibility index (Phi) is 13.3. The lowest BCUT2D eigenvalue weighted by atomic mass is 10.2. The van der Waals surface area contributed by atoms with E-state index in [4.69, 9.17) is 19.9 Å². The number of rotatable bonds is 8. The number of sulfonamides is 1. The first-order valence-corrected chi connectivity index (χ1v) is 17.0. The molecule has 0 aliphatic rings. The zero-order valence-electron chi connectivity index (χ0n) is 28.5. The number of amides is 3. The Morgan fingerprint density at radius 3 is 1.94 bits per heavy atom. The summed E-state index contributed by atoms with van der Waals surface area (Å²) < 4.78 is 44.0. The highest BCUT2D eigenvalue weighted by Gasteiger charge is 2.34. The molecule has 4 N–H and O–H groups in total. The molecule has 48 heavy (non-hydrogen) atoms. The van der Waals surface area contributed by atoms with E-state index in [1.165, 1.54) is 18.2 Å². The van der Waals surface area contributed by atoms with E-state index in [2.05, 4.69) is 26.9 Å². The van der Waals surface area contributed by atoms with Crippen molar-refractivity contribution in [2.24, 2.45) is 10.7 Å². The topological polar surface area (TPSA) is 196 Å². The van der Waals surface area contributed by atoms with Gasteiger partial charge in [-0.1, -0.05) is 30.0 Å². The maximum atomic E-state index is 12.9. The van der Waals surface area contributed by atoms with Crippen LogP contribution in [0.3, 0.4) is 0 Å². The lowest BCUT2D eigenvalue weighted by Crippen LogP contribution is -2.50. The first-order chi connectivity index (χ1) is 22.0. The zero-order valence-corrected chi connectivity index (χ0v) is 30.1. The van der Waals surface area contributed by atoms with Gasteiger partial charge >= 0.3 is 18.2 Å². The van der Waals surface area contributed by atoms with Crippen LogP contribution in [0.25, 0.3) is 0 Å². The Bertz CT molecular complexity index is 1640. The average Bonchev–Trinajstić information content (AvgIpc) is 3.40. The summed E-state index contributed by atoms with van der Waals surface area (Å²) >= 11 is 1.03. The molecule has 0 spiro atoms. The molecule has 262 valence electrons. The minimum absolute atomic E-state index is 0.0557. The van der Waals surface area contributed by atoms with Gasteiger partial charge in [0, 0.05) is 6.54 Å². The molecular weight excluding hydrogens is 663 g/mol. The van der Waals surface area contributed by atoms with Crippen LogP contribution in [0.5, 0.6) is 0 Å². The van der Waals surface area contributed by atoms with Gasteiger partial charge in [0.15, 0.2) is 0 Å². The predicted molar refractivity (Wildman–Crippen MR) is 181 cm³/mol. The number of benzene rings is 1. The maximum absolute atomic E-state index is 12.9. The lowest BCUT2D eigenvalue weighted by Gasteiger charge is -2.27. The standard InChI is InChI=1S/C32H43N5O9S2/c1-30(2,3)44-26(39)23(36-48(42,43)22-15-11-10-12-16-22)20-35-25(38)24-18-17-21(47-24)14-13-19-34-27(33)37(28(40)45-31(4,5)6)29(41)46-32(7,8)9/h10-12,15-18,23,36H,19-20H2,1-9H3,(H2,33,34)(H,35,38). The normalized spacial score (nSPS) is 13.0. The van der Waals surface area contributed by atoms with Crippen molar-refractivity contribution < 1.29 is 41.8 Å². The van der Waals surface area contributed by atoms with Crippen molar-refractivity contribution in [2.75, 3.05) is 13.1 Å². The molecule has 0 bridgehead atoms. The van der Waals surface area contributed by atoms with E-state index in [1.54, 1.807) is 86.6 Å². The summed E-state index contributed by atoms with van der Waals surface area (Å²) in [5.74, 6) is 3.63. The van der Waals surface area contributed by atoms with Crippen LogP contribution < -0.4 is 15.8 Å². The summed E-state index contributed by atoms with van der Waals surface area (Å²) in [6.07, 6.45) is -2.14. The van der Waals surface area contributed by atoms with E-state index in [1.807, 2.05) is 0 Å². The van der Waals surface area contributed by atoms with E-state index >= 15 is 0 Å². The number of carbonyl (C=O) groups excluding carboxylic acids is 4. The summed E-state index contributed by atoms with van der Waals surface area (Å²) in [6.45, 7) is 14.1. The second kappa shape index (κ2) is 16.1. The van der Waals surface area contributed by atoms with Crippen LogP contribution in [0.15, 0.2) is 52.4 Å². The number of nitrogens with zero attached hydrogens (tertiary/aromatic N) is 2. The van der Waals surface area contributed by atoms with Gasteiger partial charge in [-0.2, -0.15) is 4.72 Å². The van der Waals surface area contributed by atoms with Crippen LogP contribution in [0.4, 0.5) is 9.59 Å². The highest BCUT2D eigenvalue weighted by Crippen LogP contribution is 2.17. The molecule has 0 fully saturated rings. The molecule has 0 aliphatic heterocycles. The first kappa shape index (κ1) is 39.7. The van der Waals surface area contributed by atoms with Gasteiger partial charge < -0.3 is 25.3 Å². The summed E-state index contributed by atoms with van der Waals surface area (Å²) in [5, 5.41) is 2.57. The molecule has 16 heteroatoms. The van der Waals surface area contributed by atoms with Crippen LogP contribution in [0.2, 0.25) is 0 Å². The van der Waals surface area contributed by atoms with Crippen molar-refractivity contribution >= 4 is 51.4 Å². The van der Waals surface area contributed by atoms with Crippen molar-refractivity contribution in [3.63, 3.8) is 0 Å². The molecule has 3 amide bonds. The van der Waals surface area contributed by atoms with E-state index in [-0.39, 0.29) is 16.3 Å². The van der Waals surface area contributed by atoms with E-state index in [0.717, 1.165) is 11.3 Å². The van der Waals surface area contributed by atoms with E-state index in [0.29, 0.717) is 9.78 Å². The summed E-state index contributed by atoms with van der Waals surface area (Å²) in [7, 11) is -4.11. The van der Waals surface area contributed by atoms with Crippen molar-refractivity contribution in [3.05, 3.63) is 52.2 Å². The number of hydrogen-bond acceptors (Lipinski definition) is 11. The Hall–Kier alpha value is -4.46. The van der Waals surface area contributed by atoms with Crippen molar-refractivity contribution in [1.82, 2.24) is 14.9 Å². The van der Waals surface area contributed by atoms with Crippen molar-refractivity contribution in [3.8, 4) is 11.8 Å². The summed E-state index contributed by atoms with van der Waals surface area (Å²) in [5.41, 5.74) is 3.19. The molecule has 1 unspecified atom stereocenters. The fraction of sp³-hybridized carbons (Fsp3) is 0.469. The predicted octanol–water partition coefficient (Wildman–Crippen LogP) is 4.01. The fourth-order valence-corrected chi connectivity index (χ4v) is 5.41. The van der Waals surface area contributed by atoms with Gasteiger partial charge in [0.05, 0.1) is 14.6 Å². The smallest absolute Gasteiger partial charge is 0.427 e. The number of esters is 1. The number of thiophene rings is 1. The zero-order chi connectivity index (χ0) is 36.5. The van der Waals surface area contributed by atoms with Crippen molar-refractivity contribution in [1.29, 1.82) is 0 Å². The molecule has 2 rings (SSSR count). The van der Waals surface area contributed by atoms with Gasteiger partial charge in [-0.3, -0.25) is 9.59 Å². The minimum Gasteiger partial charge on any atom is -0.459 e. The third kappa shape index (κ3) is 13.7. The SMILES string of the molecule is CC(C)(C)OC(=O)C(CNC(=O)c1ccc(C#CCN=C(N)N(C(=O)OC(C)(C)C)C(=O)OC(C)(C)C)s1)NS(=O)(=O)c1ccccc1. The van der Waals surface area contributed by atoms with Gasteiger partial charge in [-0.25, -0.2) is 23.0 Å². The van der Waals surface area contributed by atoms with Crippen LogP contribution in [0.1, 0.15) is 76.9 Å². The van der Waals surface area contributed by atoms with Crippen LogP contribution in [-0.2, 0) is 29.0 Å². The third-order valence-corrected chi connectivity index (χ3v) is 7.74. The number of nitrogens with one attached hydrogen (secondary N) is 2. The van der Waals surface area contributed by atoms with Gasteiger partial charge in [0.2, 0.25) is 16.0 Å². The van der Waals surface area contributed by atoms with E-state index < -0.39 is 69.4 Å². The molecule has 1 atom stereocenters. The van der Waals surface area contributed by atoms with Crippen LogP contribution in [-0.4, -0.2) is 79.3 Å². The Balaban J connectivity index is 2.14. The molecule has 0 radical (unpaired) electrons. The highest BCUT2D eigenvalue weighted by molar-refractivity contribution is 7.89. The molecule has 0 aliphatic carbocycles. The molecule has 0 saturated carbocycles. The Morgan fingerprint density at radius 2 is 1.42 bits per heavy atom. The molecule has 2 aromatic rings. The van der Waals surface area contributed by atoms with Crippen LogP contribution >= 0.6 is 11.3 Å². The highest BCUT2D eigenvalue weighted by atomic mass is 32.2. The van der Waals surface area contributed by atoms with E-state index in [9.17, 15) is 27.6 Å². The largest absolute Gasteiger partial charge is 0.459 e. The second-order valence-electron chi connectivity index (χ2n) is 13.2. The van der Waals surface area contributed by atoms with Gasteiger partial charge in [0.25, 0.3) is 5.91 Å².